The molecule has 0 aliphatic heterocycles. The number of nitrogens with zero attached hydrogens (tertiary/aromatic N) is 3. The molecule has 1 N–H and O–H groups in total. The van der Waals surface area contributed by atoms with Crippen molar-refractivity contribution in [3.8, 4) is 28.3 Å². The molecule has 4 rings (SSSR count). The summed E-state index contributed by atoms with van der Waals surface area (Å²) in [7, 11) is 1.57. The molecule has 0 aliphatic carbocycles. The van der Waals surface area contributed by atoms with Gasteiger partial charge < -0.3 is 9.26 Å². The molecule has 0 bridgehead atoms. The fraction of sp³-hybridized carbons (Fsp3) is 0.0909. The number of ether oxygens (including phenoxy) is 1. The number of methoxy groups -OCH3 is 1. The number of rotatable bonds is 6. The number of halogens is 1. The van der Waals surface area contributed by atoms with Crippen molar-refractivity contribution in [1.82, 2.24) is 15.1 Å². The second-order valence-electron chi connectivity index (χ2n) is 6.37. The van der Waals surface area contributed by atoms with Gasteiger partial charge >= 0.3 is 0 Å². The van der Waals surface area contributed by atoms with E-state index in [2.05, 4.69) is 20.4 Å². The van der Waals surface area contributed by atoms with Crippen molar-refractivity contribution in [2.75, 3.05) is 12.4 Å². The highest BCUT2D eigenvalue weighted by atomic mass is 35.5. The minimum atomic E-state index is -0.270. The molecule has 0 atom stereocenters. The Kier molecular flexibility index (Phi) is 5.72. The number of anilines is 1. The summed E-state index contributed by atoms with van der Waals surface area (Å²) in [5.41, 5.74) is 3.22. The summed E-state index contributed by atoms with van der Waals surface area (Å²) in [4.78, 5) is 21.0. The molecule has 4 aromatic rings. The Labute approximate surface area is 177 Å². The Morgan fingerprint density at radius 2 is 1.93 bits per heavy atom. The number of amides is 1. The van der Waals surface area contributed by atoms with E-state index in [1.54, 1.807) is 31.5 Å². The molecule has 0 radical (unpaired) electrons. The summed E-state index contributed by atoms with van der Waals surface area (Å²) in [6.45, 7) is 0. The van der Waals surface area contributed by atoms with Crippen LogP contribution in [0, 0.1) is 0 Å². The standard InChI is InChI=1S/C22H17ClN4O3/c1-29-18-5-3-2-4-15(18)12-19(28)26-22-20(17-10-11-24-13-25-17)21(27-30-22)14-6-8-16(23)9-7-14/h2-11,13H,12H2,1H3,(H,26,28). The number of hydrogen-bond donors (Lipinski definition) is 1. The van der Waals surface area contributed by atoms with Gasteiger partial charge in [-0.3, -0.25) is 10.1 Å². The van der Waals surface area contributed by atoms with Gasteiger partial charge in [-0.1, -0.05) is 47.1 Å². The second kappa shape index (κ2) is 8.75. The summed E-state index contributed by atoms with van der Waals surface area (Å²) in [6.07, 6.45) is 3.15. The van der Waals surface area contributed by atoms with Crippen LogP contribution in [0.3, 0.4) is 0 Å². The van der Waals surface area contributed by atoms with Gasteiger partial charge in [0.05, 0.1) is 24.8 Å². The summed E-state index contributed by atoms with van der Waals surface area (Å²) < 4.78 is 10.8. The van der Waals surface area contributed by atoms with Crippen LogP contribution in [0.4, 0.5) is 5.88 Å². The topological polar surface area (TPSA) is 90.1 Å². The third-order valence-electron chi connectivity index (χ3n) is 4.44. The van der Waals surface area contributed by atoms with E-state index < -0.39 is 0 Å². The predicted octanol–water partition coefficient (Wildman–Crippen LogP) is 4.64. The lowest BCUT2D eigenvalue weighted by atomic mass is 10.0. The van der Waals surface area contributed by atoms with E-state index >= 15 is 0 Å². The second-order valence-corrected chi connectivity index (χ2v) is 6.81. The molecule has 8 heteroatoms. The van der Waals surface area contributed by atoms with Crippen molar-refractivity contribution in [3.05, 3.63) is 77.7 Å². The van der Waals surface area contributed by atoms with Gasteiger partial charge in [-0.15, -0.1) is 0 Å². The van der Waals surface area contributed by atoms with Crippen molar-refractivity contribution in [2.45, 2.75) is 6.42 Å². The van der Waals surface area contributed by atoms with Crippen molar-refractivity contribution < 1.29 is 14.1 Å². The molecule has 2 aromatic carbocycles. The van der Waals surface area contributed by atoms with Gasteiger partial charge in [0.1, 0.15) is 17.8 Å². The van der Waals surface area contributed by atoms with Gasteiger partial charge in [0, 0.05) is 22.3 Å². The predicted molar refractivity (Wildman–Crippen MR) is 113 cm³/mol. The molecule has 7 nitrogen and oxygen atoms in total. The van der Waals surface area contributed by atoms with E-state index in [9.17, 15) is 4.79 Å². The monoisotopic (exact) mass is 420 g/mol. The number of benzene rings is 2. The third kappa shape index (κ3) is 4.16. The fourth-order valence-corrected chi connectivity index (χ4v) is 3.18. The summed E-state index contributed by atoms with van der Waals surface area (Å²) in [5, 5.41) is 7.58. The fourth-order valence-electron chi connectivity index (χ4n) is 3.05. The normalized spacial score (nSPS) is 10.6. The first-order valence-electron chi connectivity index (χ1n) is 9.09. The number of aromatic nitrogens is 3. The lowest BCUT2D eigenvalue weighted by Gasteiger charge is -2.08. The summed E-state index contributed by atoms with van der Waals surface area (Å²) in [6, 6.07) is 16.2. The zero-order valence-corrected chi connectivity index (χ0v) is 16.8. The molecule has 0 saturated heterocycles. The third-order valence-corrected chi connectivity index (χ3v) is 4.70. The van der Waals surface area contributed by atoms with E-state index in [1.165, 1.54) is 6.33 Å². The largest absolute Gasteiger partial charge is 0.496 e. The number of carbonyl (C=O) groups excluding carboxylic acids is 1. The van der Waals surface area contributed by atoms with Gasteiger partial charge in [0.25, 0.3) is 0 Å². The molecular formula is C22H17ClN4O3. The van der Waals surface area contributed by atoms with E-state index in [1.807, 2.05) is 36.4 Å². The van der Waals surface area contributed by atoms with Crippen LogP contribution in [0.1, 0.15) is 5.56 Å². The Morgan fingerprint density at radius 1 is 1.13 bits per heavy atom. The first kappa shape index (κ1) is 19.6. The lowest BCUT2D eigenvalue weighted by molar-refractivity contribution is -0.115. The first-order chi connectivity index (χ1) is 14.7. The highest BCUT2D eigenvalue weighted by Crippen LogP contribution is 2.37. The number of hydrogen-bond acceptors (Lipinski definition) is 6. The smallest absolute Gasteiger partial charge is 0.241 e. The van der Waals surface area contributed by atoms with E-state index in [-0.39, 0.29) is 18.2 Å². The SMILES string of the molecule is COc1ccccc1CC(=O)Nc1onc(-c2ccc(Cl)cc2)c1-c1ccncn1. The maximum Gasteiger partial charge on any atom is 0.241 e. The van der Waals surface area contributed by atoms with Crippen molar-refractivity contribution in [2.24, 2.45) is 0 Å². The first-order valence-corrected chi connectivity index (χ1v) is 9.47. The van der Waals surface area contributed by atoms with Crippen LogP contribution in [-0.4, -0.2) is 28.1 Å². The van der Waals surface area contributed by atoms with Gasteiger partial charge in [0.15, 0.2) is 0 Å². The van der Waals surface area contributed by atoms with E-state index in [0.717, 1.165) is 11.1 Å². The molecule has 0 unspecified atom stereocenters. The molecule has 0 aliphatic rings. The highest BCUT2D eigenvalue weighted by molar-refractivity contribution is 6.30. The van der Waals surface area contributed by atoms with Crippen LogP contribution in [0.2, 0.25) is 5.02 Å². The lowest BCUT2D eigenvalue weighted by Crippen LogP contribution is -2.15. The average Bonchev–Trinajstić information content (AvgIpc) is 3.18. The molecule has 150 valence electrons. The van der Waals surface area contributed by atoms with Crippen LogP contribution in [-0.2, 0) is 11.2 Å². The van der Waals surface area contributed by atoms with Gasteiger partial charge in [-0.25, -0.2) is 9.97 Å². The van der Waals surface area contributed by atoms with E-state index in [0.29, 0.717) is 27.7 Å². The number of nitrogens with one attached hydrogen (secondary N) is 1. The Bertz CT molecular complexity index is 1160. The molecule has 0 fully saturated rings. The maximum absolute atomic E-state index is 12.7. The molecule has 0 saturated carbocycles. The van der Waals surface area contributed by atoms with Gasteiger partial charge in [-0.2, -0.15) is 0 Å². The average molecular weight is 421 g/mol. The molecule has 0 spiro atoms. The molecule has 1 amide bonds. The van der Waals surface area contributed by atoms with Crippen molar-refractivity contribution in [1.29, 1.82) is 0 Å². The highest BCUT2D eigenvalue weighted by Gasteiger charge is 2.22. The van der Waals surface area contributed by atoms with Crippen LogP contribution in [0.5, 0.6) is 5.75 Å². The zero-order valence-electron chi connectivity index (χ0n) is 16.0. The minimum Gasteiger partial charge on any atom is -0.496 e. The molecule has 2 heterocycles. The zero-order chi connectivity index (χ0) is 20.9. The molecular weight excluding hydrogens is 404 g/mol. The van der Waals surface area contributed by atoms with Crippen LogP contribution >= 0.6 is 11.6 Å². The Morgan fingerprint density at radius 3 is 2.67 bits per heavy atom. The van der Waals surface area contributed by atoms with Crippen LogP contribution in [0.15, 0.2) is 71.6 Å². The number of para-hydroxylation sites is 1. The van der Waals surface area contributed by atoms with Crippen molar-refractivity contribution >= 4 is 23.4 Å². The quantitative estimate of drug-likeness (QED) is 0.488. The molecule has 30 heavy (non-hydrogen) atoms. The van der Waals surface area contributed by atoms with Crippen LogP contribution in [0.25, 0.3) is 22.5 Å². The summed E-state index contributed by atoms with van der Waals surface area (Å²) in [5.74, 6) is 0.579. The van der Waals surface area contributed by atoms with Crippen molar-refractivity contribution in [3.63, 3.8) is 0 Å². The minimum absolute atomic E-state index is 0.115. The van der Waals surface area contributed by atoms with Gasteiger partial charge in [-0.05, 0) is 24.3 Å². The molecule has 2 aromatic heterocycles. The summed E-state index contributed by atoms with van der Waals surface area (Å²) >= 11 is 6.00. The maximum atomic E-state index is 12.7. The van der Waals surface area contributed by atoms with E-state index in [4.69, 9.17) is 20.9 Å². The van der Waals surface area contributed by atoms with Gasteiger partial charge in [0.2, 0.25) is 11.8 Å². The Hall–Kier alpha value is -3.71. The van der Waals surface area contributed by atoms with Crippen LogP contribution < -0.4 is 10.1 Å². The number of carbonyl (C=O) groups is 1. The Balaban J connectivity index is 1.68.